The fourth-order valence-electron chi connectivity index (χ4n) is 2.81. The van der Waals surface area contributed by atoms with E-state index < -0.39 is 0 Å². The van der Waals surface area contributed by atoms with Crippen LogP contribution in [-0.2, 0) is 6.54 Å². The smallest absolute Gasteiger partial charge is 0.128 e. The molecule has 0 aliphatic carbocycles. The number of hydrogen-bond acceptors (Lipinski definition) is 3. The van der Waals surface area contributed by atoms with Crippen LogP contribution in [0.4, 0.5) is 0 Å². The molecule has 1 N–H and O–H groups in total. The largest absolute Gasteiger partial charge is 0.370 e. The SMILES string of the molecule is S=C(NCc1ccccc1)/C(=N/N1CCCCC1)c1ccccc1. The second-order valence-corrected chi connectivity index (χ2v) is 6.41. The van der Waals surface area contributed by atoms with Crippen molar-refractivity contribution in [3.8, 4) is 0 Å². The van der Waals surface area contributed by atoms with Crippen molar-refractivity contribution in [3.05, 3.63) is 71.8 Å². The molecule has 4 heteroatoms. The number of benzene rings is 2. The molecule has 0 amide bonds. The van der Waals surface area contributed by atoms with Crippen LogP contribution in [0.2, 0.25) is 0 Å². The summed E-state index contributed by atoms with van der Waals surface area (Å²) in [7, 11) is 0. The third kappa shape index (κ3) is 4.65. The van der Waals surface area contributed by atoms with Gasteiger partial charge < -0.3 is 5.32 Å². The van der Waals surface area contributed by atoms with Gasteiger partial charge in [-0.05, 0) is 24.8 Å². The summed E-state index contributed by atoms with van der Waals surface area (Å²) in [5.41, 5.74) is 3.14. The molecule has 24 heavy (non-hydrogen) atoms. The van der Waals surface area contributed by atoms with Crippen molar-refractivity contribution in [3.63, 3.8) is 0 Å². The molecular formula is C20H23N3S. The van der Waals surface area contributed by atoms with Crippen LogP contribution < -0.4 is 5.32 Å². The van der Waals surface area contributed by atoms with Crippen molar-refractivity contribution in [1.29, 1.82) is 0 Å². The van der Waals surface area contributed by atoms with Crippen molar-refractivity contribution in [2.75, 3.05) is 13.1 Å². The van der Waals surface area contributed by atoms with Gasteiger partial charge in [-0.3, -0.25) is 5.01 Å². The molecule has 1 heterocycles. The Hall–Kier alpha value is -2.20. The number of hydrogen-bond donors (Lipinski definition) is 1. The molecule has 0 spiro atoms. The van der Waals surface area contributed by atoms with E-state index in [4.69, 9.17) is 17.3 Å². The zero-order chi connectivity index (χ0) is 16.6. The normalized spacial score (nSPS) is 15.2. The zero-order valence-corrected chi connectivity index (χ0v) is 14.6. The van der Waals surface area contributed by atoms with Crippen LogP contribution in [0.3, 0.4) is 0 Å². The molecule has 0 atom stereocenters. The lowest BCUT2D eigenvalue weighted by Gasteiger charge is -2.25. The Kier molecular flexibility index (Phi) is 5.96. The standard InChI is InChI=1S/C20H23N3S/c24-20(21-16-17-10-4-1-5-11-17)19(18-12-6-2-7-13-18)22-23-14-8-3-9-15-23/h1-2,4-7,10-13H,3,8-9,14-16H2,(H,21,24)/b22-19+. The van der Waals surface area contributed by atoms with Crippen LogP contribution in [0, 0.1) is 0 Å². The van der Waals surface area contributed by atoms with Gasteiger partial charge in [0.25, 0.3) is 0 Å². The van der Waals surface area contributed by atoms with Crippen molar-refractivity contribution in [1.82, 2.24) is 10.3 Å². The summed E-state index contributed by atoms with van der Waals surface area (Å²) in [5, 5.41) is 10.4. The van der Waals surface area contributed by atoms with Crippen LogP contribution in [-0.4, -0.2) is 28.8 Å². The Balaban J connectivity index is 1.76. The predicted octanol–water partition coefficient (Wildman–Crippen LogP) is 3.99. The van der Waals surface area contributed by atoms with Gasteiger partial charge in [-0.15, -0.1) is 0 Å². The van der Waals surface area contributed by atoms with E-state index in [1.54, 1.807) is 0 Å². The number of nitrogens with one attached hydrogen (secondary N) is 1. The summed E-state index contributed by atoms with van der Waals surface area (Å²) in [6, 6.07) is 20.5. The average molecular weight is 337 g/mol. The molecular weight excluding hydrogens is 314 g/mol. The summed E-state index contributed by atoms with van der Waals surface area (Å²) in [6.07, 6.45) is 3.70. The first-order valence-corrected chi connectivity index (χ1v) is 8.95. The molecule has 1 saturated heterocycles. The maximum atomic E-state index is 5.66. The fraction of sp³-hybridized carbons (Fsp3) is 0.300. The number of rotatable bonds is 5. The molecule has 0 unspecified atom stereocenters. The van der Waals surface area contributed by atoms with E-state index in [9.17, 15) is 0 Å². The Morgan fingerprint density at radius 1 is 0.917 bits per heavy atom. The summed E-state index contributed by atoms with van der Waals surface area (Å²) in [5.74, 6) is 0. The zero-order valence-electron chi connectivity index (χ0n) is 13.8. The van der Waals surface area contributed by atoms with Gasteiger partial charge in [0, 0.05) is 25.2 Å². The van der Waals surface area contributed by atoms with Crippen molar-refractivity contribution >= 4 is 22.9 Å². The predicted molar refractivity (Wildman–Crippen MR) is 104 cm³/mol. The lowest BCUT2D eigenvalue weighted by atomic mass is 10.1. The van der Waals surface area contributed by atoms with Crippen LogP contribution in [0.15, 0.2) is 65.8 Å². The Bertz CT molecular complexity index is 677. The lowest BCUT2D eigenvalue weighted by molar-refractivity contribution is 0.240. The molecule has 3 nitrogen and oxygen atoms in total. The highest BCUT2D eigenvalue weighted by atomic mass is 32.1. The van der Waals surface area contributed by atoms with Gasteiger partial charge in [0.15, 0.2) is 0 Å². The van der Waals surface area contributed by atoms with Gasteiger partial charge >= 0.3 is 0 Å². The lowest BCUT2D eigenvalue weighted by Crippen LogP contribution is -2.33. The number of hydrazone groups is 1. The first-order valence-electron chi connectivity index (χ1n) is 8.54. The number of nitrogens with zero attached hydrogens (tertiary/aromatic N) is 2. The Morgan fingerprint density at radius 2 is 1.54 bits per heavy atom. The van der Waals surface area contributed by atoms with E-state index in [1.807, 2.05) is 36.4 Å². The molecule has 1 aliphatic heterocycles. The van der Waals surface area contributed by atoms with Gasteiger partial charge in [0.05, 0.1) is 0 Å². The second kappa shape index (κ2) is 8.60. The highest BCUT2D eigenvalue weighted by Crippen LogP contribution is 2.12. The van der Waals surface area contributed by atoms with E-state index in [0.717, 1.165) is 24.4 Å². The molecule has 124 valence electrons. The van der Waals surface area contributed by atoms with Gasteiger partial charge in [0.1, 0.15) is 10.7 Å². The van der Waals surface area contributed by atoms with Gasteiger partial charge in [-0.25, -0.2) is 0 Å². The van der Waals surface area contributed by atoms with E-state index in [2.05, 4.69) is 34.6 Å². The molecule has 0 bridgehead atoms. The first-order chi connectivity index (χ1) is 11.8. The van der Waals surface area contributed by atoms with E-state index in [0.29, 0.717) is 11.5 Å². The summed E-state index contributed by atoms with van der Waals surface area (Å²) in [4.78, 5) is 0.704. The van der Waals surface area contributed by atoms with Gasteiger partial charge in [-0.2, -0.15) is 5.10 Å². The molecule has 0 saturated carbocycles. The van der Waals surface area contributed by atoms with Crippen molar-refractivity contribution in [2.45, 2.75) is 25.8 Å². The topological polar surface area (TPSA) is 27.6 Å². The van der Waals surface area contributed by atoms with Crippen LogP contribution >= 0.6 is 12.2 Å². The van der Waals surface area contributed by atoms with Crippen molar-refractivity contribution < 1.29 is 0 Å². The van der Waals surface area contributed by atoms with Crippen LogP contribution in [0.5, 0.6) is 0 Å². The quantitative estimate of drug-likeness (QED) is 0.660. The Labute approximate surface area is 149 Å². The maximum Gasteiger partial charge on any atom is 0.128 e. The number of piperidine rings is 1. The van der Waals surface area contributed by atoms with E-state index >= 15 is 0 Å². The van der Waals surface area contributed by atoms with Gasteiger partial charge in [-0.1, -0.05) is 72.9 Å². The highest BCUT2D eigenvalue weighted by molar-refractivity contribution is 7.82. The van der Waals surface area contributed by atoms with E-state index in [1.165, 1.54) is 24.8 Å². The van der Waals surface area contributed by atoms with Crippen LogP contribution in [0.25, 0.3) is 0 Å². The van der Waals surface area contributed by atoms with Gasteiger partial charge in [0.2, 0.25) is 0 Å². The molecule has 3 rings (SSSR count). The summed E-state index contributed by atoms with van der Waals surface area (Å²) < 4.78 is 0. The molecule has 0 aromatic heterocycles. The fourth-order valence-corrected chi connectivity index (χ4v) is 3.04. The molecule has 2 aromatic rings. The molecule has 2 aromatic carbocycles. The second-order valence-electron chi connectivity index (χ2n) is 6.00. The van der Waals surface area contributed by atoms with Crippen molar-refractivity contribution in [2.24, 2.45) is 5.10 Å². The summed E-state index contributed by atoms with van der Waals surface area (Å²) in [6.45, 7) is 2.74. The molecule has 1 aliphatic rings. The first kappa shape index (κ1) is 16.7. The monoisotopic (exact) mass is 337 g/mol. The molecule has 0 radical (unpaired) electrons. The third-order valence-electron chi connectivity index (χ3n) is 4.13. The maximum absolute atomic E-state index is 5.66. The number of thiocarbonyl (C=S) groups is 1. The minimum atomic E-state index is 0.704. The average Bonchev–Trinajstić information content (AvgIpc) is 2.66. The Morgan fingerprint density at radius 3 is 2.21 bits per heavy atom. The highest BCUT2D eigenvalue weighted by Gasteiger charge is 2.14. The minimum absolute atomic E-state index is 0.704. The minimum Gasteiger partial charge on any atom is -0.370 e. The van der Waals surface area contributed by atoms with Crippen LogP contribution in [0.1, 0.15) is 30.4 Å². The summed E-state index contributed by atoms with van der Waals surface area (Å²) >= 11 is 5.66. The third-order valence-corrected chi connectivity index (χ3v) is 4.47. The van der Waals surface area contributed by atoms with E-state index in [-0.39, 0.29) is 0 Å². The molecule has 1 fully saturated rings.